The third-order valence-corrected chi connectivity index (χ3v) is 3.22. The number of fused-ring (bicyclic) bond motifs is 1. The highest BCUT2D eigenvalue weighted by molar-refractivity contribution is 5.91. The zero-order valence-electron chi connectivity index (χ0n) is 10.3. The molecule has 19 heavy (non-hydrogen) atoms. The average Bonchev–Trinajstić information content (AvgIpc) is 2.86. The van der Waals surface area contributed by atoms with Crippen molar-refractivity contribution in [1.82, 2.24) is 9.97 Å². The minimum absolute atomic E-state index is 0.297. The van der Waals surface area contributed by atoms with E-state index in [0.29, 0.717) is 5.56 Å². The number of aromatic nitrogens is 2. The number of aromatic amines is 1. The van der Waals surface area contributed by atoms with Gasteiger partial charge in [0.1, 0.15) is 0 Å². The van der Waals surface area contributed by atoms with Crippen LogP contribution in [0.5, 0.6) is 0 Å². The number of aryl methyl sites for hydroxylation is 1. The van der Waals surface area contributed by atoms with E-state index in [1.54, 1.807) is 18.5 Å². The van der Waals surface area contributed by atoms with Crippen molar-refractivity contribution in [3.05, 3.63) is 53.9 Å². The maximum atomic E-state index is 11.1. The van der Waals surface area contributed by atoms with Gasteiger partial charge in [0.05, 0.1) is 22.9 Å². The lowest BCUT2D eigenvalue weighted by Crippen LogP contribution is -1.97. The fraction of sp³-hybridized carbons (Fsp3) is 0.0667. The van der Waals surface area contributed by atoms with E-state index in [1.807, 2.05) is 31.2 Å². The first-order chi connectivity index (χ1) is 9.15. The Labute approximate surface area is 109 Å². The van der Waals surface area contributed by atoms with E-state index in [1.165, 1.54) is 0 Å². The maximum absolute atomic E-state index is 11.1. The summed E-state index contributed by atoms with van der Waals surface area (Å²) in [5.41, 5.74) is 5.09. The van der Waals surface area contributed by atoms with Crippen LogP contribution in [0, 0.1) is 6.92 Å². The van der Waals surface area contributed by atoms with Crippen LogP contribution in [0.1, 0.15) is 15.9 Å². The van der Waals surface area contributed by atoms with Crippen LogP contribution in [-0.4, -0.2) is 21.0 Å². The molecule has 0 aliphatic rings. The number of benzene rings is 2. The van der Waals surface area contributed by atoms with E-state index >= 15 is 0 Å². The molecule has 0 aliphatic carbocycles. The van der Waals surface area contributed by atoms with Crippen LogP contribution in [0.25, 0.3) is 22.2 Å². The third-order valence-electron chi connectivity index (χ3n) is 3.22. The number of H-pyrrole nitrogens is 1. The zero-order valence-corrected chi connectivity index (χ0v) is 10.3. The first kappa shape index (κ1) is 11.5. The summed E-state index contributed by atoms with van der Waals surface area (Å²) < 4.78 is 0. The predicted octanol–water partition coefficient (Wildman–Crippen LogP) is 3.24. The Morgan fingerprint density at radius 2 is 2.05 bits per heavy atom. The molecular weight excluding hydrogens is 240 g/mol. The molecule has 3 aromatic rings. The quantitative estimate of drug-likeness (QED) is 0.735. The Hall–Kier alpha value is -2.62. The van der Waals surface area contributed by atoms with Crippen LogP contribution in [0.4, 0.5) is 0 Å². The van der Waals surface area contributed by atoms with Crippen LogP contribution in [0.2, 0.25) is 0 Å². The molecule has 0 aliphatic heterocycles. The van der Waals surface area contributed by atoms with E-state index in [9.17, 15) is 4.79 Å². The summed E-state index contributed by atoms with van der Waals surface area (Å²) in [4.78, 5) is 18.3. The number of nitrogens with zero attached hydrogens (tertiary/aromatic N) is 1. The van der Waals surface area contributed by atoms with E-state index in [0.717, 1.165) is 27.7 Å². The number of hydrogen-bond donors (Lipinski definition) is 2. The SMILES string of the molecule is Cc1ccc(C(=O)O)cc1-c1ccc2nc[nH]c2c1. The second-order valence-electron chi connectivity index (χ2n) is 4.47. The Kier molecular flexibility index (Phi) is 2.56. The maximum Gasteiger partial charge on any atom is 0.335 e. The molecule has 0 atom stereocenters. The predicted molar refractivity (Wildman–Crippen MR) is 73.2 cm³/mol. The van der Waals surface area contributed by atoms with Crippen molar-refractivity contribution in [2.75, 3.05) is 0 Å². The monoisotopic (exact) mass is 252 g/mol. The number of carboxylic acid groups (broad SMARTS) is 1. The van der Waals surface area contributed by atoms with Gasteiger partial charge in [-0.2, -0.15) is 0 Å². The summed E-state index contributed by atoms with van der Waals surface area (Å²) in [6.45, 7) is 1.97. The fourth-order valence-corrected chi connectivity index (χ4v) is 2.17. The van der Waals surface area contributed by atoms with Gasteiger partial charge in [-0.25, -0.2) is 9.78 Å². The number of aromatic carboxylic acids is 1. The van der Waals surface area contributed by atoms with Crippen molar-refractivity contribution in [2.24, 2.45) is 0 Å². The van der Waals surface area contributed by atoms with Gasteiger partial charge in [-0.15, -0.1) is 0 Å². The van der Waals surface area contributed by atoms with Crippen LogP contribution < -0.4 is 0 Å². The molecule has 2 aromatic carbocycles. The third kappa shape index (κ3) is 1.97. The van der Waals surface area contributed by atoms with E-state index in [4.69, 9.17) is 5.11 Å². The largest absolute Gasteiger partial charge is 0.478 e. The standard InChI is InChI=1S/C15H12N2O2/c1-9-2-3-11(15(18)19)6-12(9)10-4-5-13-14(7-10)17-8-16-13/h2-8H,1H3,(H,16,17)(H,18,19). The highest BCUT2D eigenvalue weighted by atomic mass is 16.4. The summed E-state index contributed by atoms with van der Waals surface area (Å²) in [6.07, 6.45) is 1.65. The molecule has 1 aromatic heterocycles. The molecule has 4 heteroatoms. The highest BCUT2D eigenvalue weighted by Crippen LogP contribution is 2.27. The minimum atomic E-state index is -0.913. The first-order valence-electron chi connectivity index (χ1n) is 5.92. The lowest BCUT2D eigenvalue weighted by atomic mass is 9.98. The molecule has 2 N–H and O–H groups in total. The molecule has 0 saturated heterocycles. The summed E-state index contributed by atoms with van der Waals surface area (Å²) in [6, 6.07) is 11.0. The Bertz CT molecular complexity index is 775. The van der Waals surface area contributed by atoms with Crippen molar-refractivity contribution in [3.63, 3.8) is 0 Å². The molecule has 0 amide bonds. The minimum Gasteiger partial charge on any atom is -0.478 e. The van der Waals surface area contributed by atoms with Gasteiger partial charge in [-0.05, 0) is 47.9 Å². The van der Waals surface area contributed by atoms with Gasteiger partial charge in [0.25, 0.3) is 0 Å². The number of nitrogens with one attached hydrogen (secondary N) is 1. The number of hydrogen-bond acceptors (Lipinski definition) is 2. The van der Waals surface area contributed by atoms with Gasteiger partial charge >= 0.3 is 5.97 Å². The molecule has 0 saturated carbocycles. The Morgan fingerprint density at radius 3 is 2.84 bits per heavy atom. The van der Waals surface area contributed by atoms with E-state index in [-0.39, 0.29) is 0 Å². The van der Waals surface area contributed by atoms with Crippen molar-refractivity contribution < 1.29 is 9.90 Å². The summed E-state index contributed by atoms with van der Waals surface area (Å²) in [5.74, 6) is -0.913. The van der Waals surface area contributed by atoms with E-state index < -0.39 is 5.97 Å². The van der Waals surface area contributed by atoms with Gasteiger partial charge in [0.15, 0.2) is 0 Å². The number of carboxylic acids is 1. The van der Waals surface area contributed by atoms with E-state index in [2.05, 4.69) is 9.97 Å². The fourth-order valence-electron chi connectivity index (χ4n) is 2.17. The number of carbonyl (C=O) groups is 1. The molecule has 94 valence electrons. The normalized spacial score (nSPS) is 10.8. The number of imidazole rings is 1. The van der Waals surface area contributed by atoms with Crippen LogP contribution in [0.15, 0.2) is 42.7 Å². The van der Waals surface area contributed by atoms with Gasteiger partial charge in [-0.3, -0.25) is 0 Å². The van der Waals surface area contributed by atoms with Crippen molar-refractivity contribution >= 4 is 17.0 Å². The second kappa shape index (κ2) is 4.24. The van der Waals surface area contributed by atoms with Crippen LogP contribution >= 0.6 is 0 Å². The van der Waals surface area contributed by atoms with Gasteiger partial charge < -0.3 is 10.1 Å². The summed E-state index contributed by atoms with van der Waals surface area (Å²) in [7, 11) is 0. The molecule has 0 unspecified atom stereocenters. The molecule has 3 rings (SSSR count). The lowest BCUT2D eigenvalue weighted by Gasteiger charge is -2.07. The average molecular weight is 252 g/mol. The molecule has 1 heterocycles. The van der Waals surface area contributed by atoms with Crippen molar-refractivity contribution in [1.29, 1.82) is 0 Å². The molecule has 4 nitrogen and oxygen atoms in total. The first-order valence-corrected chi connectivity index (χ1v) is 5.92. The van der Waals surface area contributed by atoms with Gasteiger partial charge in [-0.1, -0.05) is 12.1 Å². The van der Waals surface area contributed by atoms with Crippen molar-refractivity contribution in [2.45, 2.75) is 6.92 Å². The molecule has 0 radical (unpaired) electrons. The molecular formula is C15H12N2O2. The number of rotatable bonds is 2. The van der Waals surface area contributed by atoms with Gasteiger partial charge in [0.2, 0.25) is 0 Å². The lowest BCUT2D eigenvalue weighted by molar-refractivity contribution is 0.0697. The van der Waals surface area contributed by atoms with Crippen molar-refractivity contribution in [3.8, 4) is 11.1 Å². The second-order valence-corrected chi connectivity index (χ2v) is 4.47. The summed E-state index contributed by atoms with van der Waals surface area (Å²) in [5, 5.41) is 9.07. The molecule has 0 bridgehead atoms. The van der Waals surface area contributed by atoms with Crippen LogP contribution in [-0.2, 0) is 0 Å². The smallest absolute Gasteiger partial charge is 0.335 e. The Morgan fingerprint density at radius 1 is 1.21 bits per heavy atom. The summed E-state index contributed by atoms with van der Waals surface area (Å²) >= 11 is 0. The molecule has 0 fully saturated rings. The highest BCUT2D eigenvalue weighted by Gasteiger charge is 2.08. The molecule has 0 spiro atoms. The van der Waals surface area contributed by atoms with Gasteiger partial charge in [0, 0.05) is 0 Å². The Balaban J connectivity index is 2.19. The zero-order chi connectivity index (χ0) is 13.4. The topological polar surface area (TPSA) is 66.0 Å². The van der Waals surface area contributed by atoms with Crippen LogP contribution in [0.3, 0.4) is 0 Å².